The maximum atomic E-state index is 12.9. The second-order valence-electron chi connectivity index (χ2n) is 8.29. The largest absolute Gasteiger partial charge is 0.394 e. The Morgan fingerprint density at radius 2 is 1.32 bits per heavy atom. The van der Waals surface area contributed by atoms with Gasteiger partial charge < -0.3 is 41.8 Å². The molecule has 1 saturated heterocycles. The van der Waals surface area contributed by atoms with Gasteiger partial charge in [-0.2, -0.15) is 0 Å². The van der Waals surface area contributed by atoms with Gasteiger partial charge in [0.25, 0.3) is 0 Å². The van der Waals surface area contributed by atoms with Gasteiger partial charge in [0, 0.05) is 18.3 Å². The van der Waals surface area contributed by atoms with E-state index in [1.54, 1.807) is 13.8 Å². The average molecular weight is 482 g/mol. The quantitative estimate of drug-likeness (QED) is 0.207. The van der Waals surface area contributed by atoms with E-state index in [1.807, 2.05) is 0 Å². The number of imidazole rings is 1. The number of hydrogen-bond acceptors (Lipinski definition) is 8. The van der Waals surface area contributed by atoms with Gasteiger partial charge in [0.05, 0.1) is 19.5 Å². The third kappa shape index (κ3) is 6.99. The molecule has 2 rings (SSSR count). The Balaban J connectivity index is 2.39. The lowest BCUT2D eigenvalue weighted by molar-refractivity contribution is -0.135. The number of aliphatic hydroxyl groups excluding tert-OH is 2. The molecule has 0 aromatic carbocycles. The Hall–Kier alpha value is -3.52. The van der Waals surface area contributed by atoms with Gasteiger partial charge in [-0.25, -0.2) is 4.98 Å². The molecule has 1 aliphatic rings. The fourth-order valence-electron chi connectivity index (χ4n) is 3.21. The van der Waals surface area contributed by atoms with Crippen LogP contribution in [0.25, 0.3) is 0 Å². The van der Waals surface area contributed by atoms with Crippen molar-refractivity contribution in [3.8, 4) is 0 Å². The number of nitrogens with one attached hydrogen (secondary N) is 6. The highest BCUT2D eigenvalue weighted by Crippen LogP contribution is 2.05. The number of rotatable bonds is 5. The van der Waals surface area contributed by atoms with Gasteiger partial charge in [0.2, 0.25) is 29.5 Å². The van der Waals surface area contributed by atoms with Crippen LogP contribution < -0.4 is 26.6 Å². The van der Waals surface area contributed by atoms with Crippen LogP contribution in [0.5, 0.6) is 0 Å². The summed E-state index contributed by atoms with van der Waals surface area (Å²) in [5.74, 6) is -4.33. The Kier molecular flexibility index (Phi) is 9.50. The molecule has 0 bridgehead atoms. The normalized spacial score (nSPS) is 27.6. The van der Waals surface area contributed by atoms with Gasteiger partial charge in [0.1, 0.15) is 30.2 Å². The van der Waals surface area contributed by atoms with E-state index >= 15 is 0 Å². The second-order valence-corrected chi connectivity index (χ2v) is 8.29. The van der Waals surface area contributed by atoms with Crippen molar-refractivity contribution in [2.24, 2.45) is 5.92 Å². The molecule has 0 saturated carbocycles. The molecule has 5 amide bonds. The van der Waals surface area contributed by atoms with Gasteiger partial charge in [0.15, 0.2) is 0 Å². The van der Waals surface area contributed by atoms with Crippen LogP contribution in [0.15, 0.2) is 12.5 Å². The van der Waals surface area contributed by atoms with E-state index in [0.29, 0.717) is 5.69 Å². The number of carbonyl (C=O) groups excluding carboxylic acids is 5. The SMILES string of the molecule is CC(C)[C@@H]1NC(=O)[C@H](C)NC(=O)[C@H](Cc2cnc[nH]2)NC(=O)[C@H](CO)NC(=O)[C@H](CO)NC1=O. The zero-order chi connectivity index (χ0) is 25.4. The van der Waals surface area contributed by atoms with Crippen molar-refractivity contribution in [2.45, 2.75) is 57.4 Å². The zero-order valence-corrected chi connectivity index (χ0v) is 19.1. The van der Waals surface area contributed by atoms with Crippen molar-refractivity contribution in [1.29, 1.82) is 0 Å². The Labute approximate surface area is 195 Å². The van der Waals surface area contributed by atoms with E-state index in [9.17, 15) is 34.2 Å². The van der Waals surface area contributed by atoms with Crippen LogP contribution in [0.4, 0.5) is 0 Å². The third-order valence-electron chi connectivity index (χ3n) is 5.24. The number of hydrogen-bond donors (Lipinski definition) is 8. The molecule has 2 heterocycles. The lowest BCUT2D eigenvalue weighted by Gasteiger charge is -2.26. The minimum atomic E-state index is -1.47. The molecular weight excluding hydrogens is 450 g/mol. The van der Waals surface area contributed by atoms with Gasteiger partial charge in [-0.05, 0) is 12.8 Å². The van der Waals surface area contributed by atoms with Crippen molar-refractivity contribution >= 4 is 29.5 Å². The standard InChI is InChI=1S/C20H31N7O7/c1-9(2)15-20(34)26-14(7-29)19(33)25-13(6-28)18(32)24-12(4-11-5-21-8-22-11)17(31)23-10(3)16(30)27-15/h5,8-10,12-15,28-29H,4,6-7H2,1-3H3,(H,21,22)(H,23,31)(H,24,32)(H,25,33)(H,26,34)(H,27,30)/t10-,12-,13-,14-,15-/m0/s1. The molecule has 0 spiro atoms. The molecule has 0 aliphatic carbocycles. The average Bonchev–Trinajstić information content (AvgIpc) is 3.30. The summed E-state index contributed by atoms with van der Waals surface area (Å²) in [6.45, 7) is 3.14. The van der Waals surface area contributed by atoms with E-state index in [-0.39, 0.29) is 6.42 Å². The highest BCUT2D eigenvalue weighted by Gasteiger charge is 2.34. The molecule has 14 heteroatoms. The first-order valence-corrected chi connectivity index (χ1v) is 10.8. The maximum absolute atomic E-state index is 12.9. The molecule has 34 heavy (non-hydrogen) atoms. The molecule has 14 nitrogen and oxygen atoms in total. The minimum absolute atomic E-state index is 0.0219. The third-order valence-corrected chi connectivity index (χ3v) is 5.24. The number of carbonyl (C=O) groups is 5. The summed E-state index contributed by atoms with van der Waals surface area (Å²) in [6.07, 6.45) is 2.82. The molecule has 1 aromatic rings. The highest BCUT2D eigenvalue weighted by molar-refractivity contribution is 5.97. The summed E-state index contributed by atoms with van der Waals surface area (Å²) in [7, 11) is 0. The number of amides is 5. The molecular formula is C20H31N7O7. The molecule has 1 fully saturated rings. The summed E-state index contributed by atoms with van der Waals surface area (Å²) in [6, 6.07) is -6.26. The fraction of sp³-hybridized carbons (Fsp3) is 0.600. The smallest absolute Gasteiger partial charge is 0.245 e. The lowest BCUT2D eigenvalue weighted by Crippen LogP contribution is -2.60. The van der Waals surface area contributed by atoms with Gasteiger partial charge >= 0.3 is 0 Å². The van der Waals surface area contributed by atoms with Gasteiger partial charge in [-0.15, -0.1) is 0 Å². The lowest BCUT2D eigenvalue weighted by atomic mass is 10.0. The summed E-state index contributed by atoms with van der Waals surface area (Å²) in [5, 5.41) is 31.3. The molecule has 0 radical (unpaired) electrons. The first-order chi connectivity index (χ1) is 16.1. The molecule has 1 aromatic heterocycles. The highest BCUT2D eigenvalue weighted by atomic mass is 16.3. The van der Waals surface area contributed by atoms with E-state index in [1.165, 1.54) is 19.4 Å². The summed E-state index contributed by atoms with van der Waals surface area (Å²) < 4.78 is 0. The predicted molar refractivity (Wildman–Crippen MR) is 117 cm³/mol. The summed E-state index contributed by atoms with van der Waals surface area (Å²) in [5.41, 5.74) is 0.509. The summed E-state index contributed by atoms with van der Waals surface area (Å²) in [4.78, 5) is 70.3. The van der Waals surface area contributed by atoms with Crippen molar-refractivity contribution < 1.29 is 34.2 Å². The Morgan fingerprint density at radius 1 is 0.794 bits per heavy atom. The topological polar surface area (TPSA) is 215 Å². The molecule has 188 valence electrons. The number of aromatic nitrogens is 2. The predicted octanol–water partition coefficient (Wildman–Crippen LogP) is -3.95. The number of H-pyrrole nitrogens is 1. The molecule has 8 N–H and O–H groups in total. The van der Waals surface area contributed by atoms with Crippen LogP contribution in [0.1, 0.15) is 26.5 Å². The van der Waals surface area contributed by atoms with Crippen molar-refractivity contribution in [3.05, 3.63) is 18.2 Å². The van der Waals surface area contributed by atoms with Crippen LogP contribution in [0.3, 0.4) is 0 Å². The summed E-state index contributed by atoms with van der Waals surface area (Å²) >= 11 is 0. The monoisotopic (exact) mass is 481 g/mol. The number of aliphatic hydroxyl groups is 2. The first kappa shape index (κ1) is 26.7. The number of aromatic amines is 1. The van der Waals surface area contributed by atoms with Crippen LogP contribution >= 0.6 is 0 Å². The zero-order valence-electron chi connectivity index (χ0n) is 19.1. The molecule has 0 unspecified atom stereocenters. The Bertz CT molecular complexity index is 890. The minimum Gasteiger partial charge on any atom is -0.394 e. The number of nitrogens with zero attached hydrogens (tertiary/aromatic N) is 1. The van der Waals surface area contributed by atoms with Crippen molar-refractivity contribution in [3.63, 3.8) is 0 Å². The Morgan fingerprint density at radius 3 is 1.82 bits per heavy atom. The maximum Gasteiger partial charge on any atom is 0.245 e. The van der Waals surface area contributed by atoms with E-state index in [0.717, 1.165) is 0 Å². The molecule has 5 atom stereocenters. The van der Waals surface area contributed by atoms with Crippen LogP contribution in [0, 0.1) is 5.92 Å². The van der Waals surface area contributed by atoms with E-state index < -0.39 is 78.9 Å². The van der Waals surface area contributed by atoms with Gasteiger partial charge in [-0.1, -0.05) is 13.8 Å². The van der Waals surface area contributed by atoms with Gasteiger partial charge in [-0.3, -0.25) is 24.0 Å². The van der Waals surface area contributed by atoms with Crippen LogP contribution in [0.2, 0.25) is 0 Å². The fourth-order valence-corrected chi connectivity index (χ4v) is 3.21. The molecule has 1 aliphatic heterocycles. The second kappa shape index (κ2) is 12.1. The van der Waals surface area contributed by atoms with Crippen LogP contribution in [-0.4, -0.2) is 93.1 Å². The van der Waals surface area contributed by atoms with E-state index in [4.69, 9.17) is 0 Å². The van der Waals surface area contributed by atoms with E-state index in [2.05, 4.69) is 36.6 Å². The first-order valence-electron chi connectivity index (χ1n) is 10.8. The van der Waals surface area contributed by atoms with Crippen molar-refractivity contribution in [2.75, 3.05) is 13.2 Å². The van der Waals surface area contributed by atoms with Crippen LogP contribution in [-0.2, 0) is 30.4 Å². The van der Waals surface area contributed by atoms with Crippen molar-refractivity contribution in [1.82, 2.24) is 36.6 Å².